The van der Waals surface area contributed by atoms with Crippen LogP contribution in [0.3, 0.4) is 0 Å². The molecular weight excluding hydrogens is 140 g/mol. The normalized spacial score (nSPS) is 10.1. The van der Waals surface area contributed by atoms with E-state index in [1.165, 1.54) is 0 Å². The molecule has 0 radical (unpaired) electrons. The summed E-state index contributed by atoms with van der Waals surface area (Å²) in [6.45, 7) is 0. The van der Waals surface area contributed by atoms with Crippen LogP contribution < -0.4 is 5.48 Å². The van der Waals surface area contributed by atoms with E-state index in [1.54, 1.807) is 5.06 Å². The van der Waals surface area contributed by atoms with E-state index in [0.29, 0.717) is 0 Å². The van der Waals surface area contributed by atoms with Crippen LogP contribution in [-0.4, -0.2) is 19.2 Å². The molecule has 0 spiro atoms. The third-order valence-electron chi connectivity index (χ3n) is 1.12. The van der Waals surface area contributed by atoms with E-state index in [4.69, 9.17) is 4.94 Å². The van der Waals surface area contributed by atoms with Crippen molar-refractivity contribution in [2.75, 3.05) is 19.6 Å². The number of anilines is 1. The second-order valence-electron chi connectivity index (χ2n) is 2.37. The molecule has 0 aliphatic heterocycles. The third-order valence-corrected chi connectivity index (χ3v) is 1.12. The Balaban J connectivity index is 2.39. The average molecular weight is 152 g/mol. The molecule has 3 nitrogen and oxygen atoms in total. The standard InChI is InChI=1S/C8H12N2O/c1-10(2)11-9-8-6-4-3-5-7-8/h3-7,9H,1-2H3. The molecule has 1 N–H and O–H groups in total. The first-order valence-corrected chi connectivity index (χ1v) is 3.44. The van der Waals surface area contributed by atoms with E-state index >= 15 is 0 Å². The third kappa shape index (κ3) is 3.02. The first-order valence-electron chi connectivity index (χ1n) is 3.44. The van der Waals surface area contributed by atoms with Crippen molar-refractivity contribution >= 4 is 5.69 Å². The Morgan fingerprint density at radius 2 is 1.82 bits per heavy atom. The molecular formula is C8H12N2O. The number of hydroxylamine groups is 2. The molecule has 11 heavy (non-hydrogen) atoms. The zero-order chi connectivity index (χ0) is 8.10. The van der Waals surface area contributed by atoms with Gasteiger partial charge in [-0.1, -0.05) is 18.2 Å². The number of nitrogens with zero attached hydrogens (tertiary/aromatic N) is 1. The zero-order valence-electron chi connectivity index (χ0n) is 6.74. The Bertz CT molecular complexity index is 199. The van der Waals surface area contributed by atoms with E-state index in [0.717, 1.165) is 5.69 Å². The molecule has 0 fully saturated rings. The monoisotopic (exact) mass is 152 g/mol. The summed E-state index contributed by atoms with van der Waals surface area (Å²) in [4.78, 5) is 5.01. The highest BCUT2D eigenvalue weighted by molar-refractivity contribution is 5.39. The van der Waals surface area contributed by atoms with Crippen molar-refractivity contribution in [1.29, 1.82) is 0 Å². The van der Waals surface area contributed by atoms with Crippen LogP contribution in [0.15, 0.2) is 30.3 Å². The zero-order valence-corrected chi connectivity index (χ0v) is 6.74. The summed E-state index contributed by atoms with van der Waals surface area (Å²) in [5.41, 5.74) is 3.72. The first-order chi connectivity index (χ1) is 5.29. The second kappa shape index (κ2) is 3.95. The lowest BCUT2D eigenvalue weighted by Crippen LogP contribution is -2.16. The minimum atomic E-state index is 0.946. The Hall–Kier alpha value is -1.06. The molecule has 0 atom stereocenters. The highest BCUT2D eigenvalue weighted by Gasteiger charge is 1.89. The Kier molecular flexibility index (Phi) is 2.89. The molecule has 0 aliphatic carbocycles. The van der Waals surface area contributed by atoms with Crippen LogP contribution in [-0.2, 0) is 4.94 Å². The van der Waals surface area contributed by atoms with E-state index in [2.05, 4.69) is 5.48 Å². The van der Waals surface area contributed by atoms with Gasteiger partial charge in [0.25, 0.3) is 0 Å². The fraction of sp³-hybridized carbons (Fsp3) is 0.250. The topological polar surface area (TPSA) is 24.5 Å². The fourth-order valence-electron chi connectivity index (χ4n) is 0.650. The SMILES string of the molecule is CN(C)ONc1ccccc1. The summed E-state index contributed by atoms with van der Waals surface area (Å²) in [7, 11) is 3.63. The van der Waals surface area contributed by atoms with Crippen LogP contribution in [0.4, 0.5) is 5.69 Å². The maximum Gasteiger partial charge on any atom is 0.0623 e. The molecule has 0 saturated carbocycles. The maximum atomic E-state index is 5.01. The predicted octanol–water partition coefficient (Wildman–Crippen LogP) is 1.51. The molecule has 1 rings (SSSR count). The quantitative estimate of drug-likeness (QED) is 0.664. The van der Waals surface area contributed by atoms with Gasteiger partial charge in [0.15, 0.2) is 0 Å². The van der Waals surface area contributed by atoms with Gasteiger partial charge in [0.05, 0.1) is 5.69 Å². The van der Waals surface area contributed by atoms with Crippen LogP contribution in [0, 0.1) is 0 Å². The predicted molar refractivity (Wildman–Crippen MR) is 44.8 cm³/mol. The van der Waals surface area contributed by atoms with Gasteiger partial charge in [-0.3, -0.25) is 0 Å². The summed E-state index contributed by atoms with van der Waals surface area (Å²) in [5, 5.41) is 1.59. The van der Waals surface area contributed by atoms with Crippen LogP contribution in [0.1, 0.15) is 0 Å². The molecule has 0 heterocycles. The number of hydrogen-bond acceptors (Lipinski definition) is 3. The van der Waals surface area contributed by atoms with Crippen LogP contribution in [0.5, 0.6) is 0 Å². The van der Waals surface area contributed by atoms with Crippen molar-refractivity contribution in [3.05, 3.63) is 30.3 Å². The van der Waals surface area contributed by atoms with Gasteiger partial charge in [-0.05, 0) is 12.1 Å². The largest absolute Gasteiger partial charge is 0.248 e. The van der Waals surface area contributed by atoms with Gasteiger partial charge in [0.2, 0.25) is 0 Å². The van der Waals surface area contributed by atoms with E-state index < -0.39 is 0 Å². The van der Waals surface area contributed by atoms with Crippen molar-refractivity contribution in [3.63, 3.8) is 0 Å². The van der Waals surface area contributed by atoms with Gasteiger partial charge in [0, 0.05) is 14.1 Å². The minimum absolute atomic E-state index is 0.946. The number of hydrogen-bond donors (Lipinski definition) is 1. The van der Waals surface area contributed by atoms with Gasteiger partial charge >= 0.3 is 0 Å². The summed E-state index contributed by atoms with van der Waals surface area (Å²) in [6.07, 6.45) is 0. The van der Waals surface area contributed by atoms with Crippen LogP contribution >= 0.6 is 0 Å². The van der Waals surface area contributed by atoms with Crippen molar-refractivity contribution in [2.24, 2.45) is 0 Å². The molecule has 0 saturated heterocycles. The molecule has 1 aromatic carbocycles. The molecule has 0 bridgehead atoms. The highest BCUT2D eigenvalue weighted by Crippen LogP contribution is 2.04. The van der Waals surface area contributed by atoms with Gasteiger partial charge in [-0.2, -0.15) is 10.0 Å². The number of benzene rings is 1. The number of rotatable bonds is 3. The van der Waals surface area contributed by atoms with Crippen molar-refractivity contribution < 1.29 is 4.94 Å². The summed E-state index contributed by atoms with van der Waals surface area (Å²) in [6, 6.07) is 9.72. The molecule has 0 amide bonds. The summed E-state index contributed by atoms with van der Waals surface area (Å²) >= 11 is 0. The Morgan fingerprint density at radius 3 is 2.36 bits per heavy atom. The molecule has 0 aromatic heterocycles. The van der Waals surface area contributed by atoms with Gasteiger partial charge in [0.1, 0.15) is 0 Å². The molecule has 0 unspecified atom stereocenters. The first kappa shape index (κ1) is 8.04. The van der Waals surface area contributed by atoms with Gasteiger partial charge in [-0.25, -0.2) is 5.48 Å². The Labute approximate surface area is 66.5 Å². The Morgan fingerprint density at radius 1 is 1.18 bits per heavy atom. The minimum Gasteiger partial charge on any atom is -0.248 e. The summed E-state index contributed by atoms with van der Waals surface area (Å²) in [5.74, 6) is 0. The molecule has 1 aromatic rings. The van der Waals surface area contributed by atoms with Crippen molar-refractivity contribution in [3.8, 4) is 0 Å². The lowest BCUT2D eigenvalue weighted by atomic mass is 10.3. The lowest BCUT2D eigenvalue weighted by molar-refractivity contribution is -0.0868. The lowest BCUT2D eigenvalue weighted by Gasteiger charge is -2.10. The highest BCUT2D eigenvalue weighted by atomic mass is 16.8. The van der Waals surface area contributed by atoms with Gasteiger partial charge < -0.3 is 0 Å². The van der Waals surface area contributed by atoms with E-state index in [9.17, 15) is 0 Å². The van der Waals surface area contributed by atoms with Crippen LogP contribution in [0.25, 0.3) is 0 Å². The van der Waals surface area contributed by atoms with E-state index in [-0.39, 0.29) is 0 Å². The summed E-state index contributed by atoms with van der Waals surface area (Å²) < 4.78 is 0. The van der Waals surface area contributed by atoms with Crippen molar-refractivity contribution in [1.82, 2.24) is 5.06 Å². The molecule has 0 aliphatic rings. The van der Waals surface area contributed by atoms with Crippen LogP contribution in [0.2, 0.25) is 0 Å². The molecule has 60 valence electrons. The smallest absolute Gasteiger partial charge is 0.0623 e. The number of para-hydroxylation sites is 1. The van der Waals surface area contributed by atoms with Crippen molar-refractivity contribution in [2.45, 2.75) is 0 Å². The number of nitrogens with one attached hydrogen (secondary N) is 1. The van der Waals surface area contributed by atoms with E-state index in [1.807, 2.05) is 44.4 Å². The second-order valence-corrected chi connectivity index (χ2v) is 2.37. The maximum absolute atomic E-state index is 5.01. The van der Waals surface area contributed by atoms with Gasteiger partial charge in [-0.15, -0.1) is 0 Å². The molecule has 3 heteroatoms. The average Bonchev–Trinajstić information content (AvgIpc) is 2.03. The fourth-order valence-corrected chi connectivity index (χ4v) is 0.650.